The van der Waals surface area contributed by atoms with Gasteiger partial charge >= 0.3 is 0 Å². The minimum Gasteiger partial charge on any atom is -0.494 e. The number of anilines is 1. The molecule has 4 aromatic rings. The second-order valence-electron chi connectivity index (χ2n) is 8.43. The Hall–Kier alpha value is -3.90. The largest absolute Gasteiger partial charge is 0.494 e. The summed E-state index contributed by atoms with van der Waals surface area (Å²) in [4.78, 5) is 16.9. The lowest BCUT2D eigenvalue weighted by atomic mass is 10.1. The number of carbonyl (C=O) groups is 1. The highest BCUT2D eigenvalue weighted by atomic mass is 32.1. The molecule has 1 aromatic heterocycles. The summed E-state index contributed by atoms with van der Waals surface area (Å²) in [5.41, 5.74) is 5.07. The third-order valence-electron chi connectivity index (χ3n) is 5.48. The highest BCUT2D eigenvalue weighted by Crippen LogP contribution is 2.26. The van der Waals surface area contributed by atoms with Crippen molar-refractivity contribution in [3.8, 4) is 22.8 Å². The summed E-state index contributed by atoms with van der Waals surface area (Å²) in [5, 5.41) is 5.32. The Morgan fingerprint density at radius 1 is 0.944 bits per heavy atom. The van der Waals surface area contributed by atoms with E-state index in [1.807, 2.05) is 53.9 Å². The molecule has 0 saturated carbocycles. The van der Waals surface area contributed by atoms with Crippen molar-refractivity contribution in [1.82, 2.24) is 4.98 Å². The lowest BCUT2D eigenvalue weighted by molar-refractivity contribution is -0.111. The van der Waals surface area contributed by atoms with Crippen molar-refractivity contribution in [2.45, 2.75) is 33.3 Å². The third kappa shape index (κ3) is 7.55. The van der Waals surface area contributed by atoms with Gasteiger partial charge in [0.05, 0.1) is 12.3 Å². The van der Waals surface area contributed by atoms with Crippen LogP contribution in [0.3, 0.4) is 0 Å². The third-order valence-corrected chi connectivity index (χ3v) is 6.24. The van der Waals surface area contributed by atoms with Gasteiger partial charge in [0, 0.05) is 17.0 Å². The molecule has 0 bridgehead atoms. The van der Waals surface area contributed by atoms with Crippen molar-refractivity contribution in [2.75, 3.05) is 11.9 Å². The Bertz CT molecular complexity index is 1280. The van der Waals surface area contributed by atoms with Gasteiger partial charge in [0.15, 0.2) is 5.13 Å². The van der Waals surface area contributed by atoms with E-state index in [9.17, 15) is 4.79 Å². The SMILES string of the molecule is CCCCOc1ccc(-c2csc(NC(=O)C=Cc3ccc(OCc4ccc(C)cc4)cc3)n2)cc1. The molecule has 0 spiro atoms. The lowest BCUT2D eigenvalue weighted by Crippen LogP contribution is -2.07. The van der Waals surface area contributed by atoms with Gasteiger partial charge in [-0.05, 0) is 66.9 Å². The van der Waals surface area contributed by atoms with E-state index in [-0.39, 0.29) is 5.91 Å². The van der Waals surface area contributed by atoms with E-state index >= 15 is 0 Å². The molecule has 6 heteroatoms. The molecular formula is C30H30N2O3S. The Labute approximate surface area is 216 Å². The summed E-state index contributed by atoms with van der Waals surface area (Å²) < 4.78 is 11.6. The predicted octanol–water partition coefficient (Wildman–Crippen LogP) is 7.53. The first-order chi connectivity index (χ1) is 17.6. The van der Waals surface area contributed by atoms with Crippen molar-refractivity contribution in [1.29, 1.82) is 0 Å². The van der Waals surface area contributed by atoms with E-state index < -0.39 is 0 Å². The molecule has 0 atom stereocenters. The number of benzene rings is 3. The average Bonchev–Trinajstić information content (AvgIpc) is 3.37. The molecule has 184 valence electrons. The van der Waals surface area contributed by atoms with E-state index in [2.05, 4.69) is 48.4 Å². The van der Waals surface area contributed by atoms with Crippen molar-refractivity contribution in [3.63, 3.8) is 0 Å². The van der Waals surface area contributed by atoms with E-state index in [4.69, 9.17) is 9.47 Å². The molecule has 3 aromatic carbocycles. The first-order valence-corrected chi connectivity index (χ1v) is 12.9. The zero-order valence-electron chi connectivity index (χ0n) is 20.6. The highest BCUT2D eigenvalue weighted by molar-refractivity contribution is 7.14. The van der Waals surface area contributed by atoms with Crippen molar-refractivity contribution in [3.05, 3.63) is 101 Å². The van der Waals surface area contributed by atoms with Gasteiger partial charge in [-0.3, -0.25) is 10.1 Å². The molecule has 1 heterocycles. The van der Waals surface area contributed by atoms with Crippen LogP contribution in [0.1, 0.15) is 36.5 Å². The quantitative estimate of drug-likeness (QED) is 0.171. The second kappa shape index (κ2) is 12.7. The van der Waals surface area contributed by atoms with Crippen molar-refractivity contribution < 1.29 is 14.3 Å². The first-order valence-electron chi connectivity index (χ1n) is 12.1. The Kier molecular flexibility index (Phi) is 8.89. The van der Waals surface area contributed by atoms with Crippen LogP contribution in [0, 0.1) is 6.92 Å². The molecule has 1 N–H and O–H groups in total. The predicted molar refractivity (Wildman–Crippen MR) is 148 cm³/mol. The summed E-state index contributed by atoms with van der Waals surface area (Å²) in [6.45, 7) is 5.45. The van der Waals surface area contributed by atoms with Crippen LogP contribution < -0.4 is 14.8 Å². The van der Waals surface area contributed by atoms with Crippen LogP contribution >= 0.6 is 11.3 Å². The number of thiazole rings is 1. The number of amides is 1. The van der Waals surface area contributed by atoms with Crippen LogP contribution in [-0.2, 0) is 11.4 Å². The molecular weight excluding hydrogens is 468 g/mol. The number of hydrogen-bond acceptors (Lipinski definition) is 5. The first kappa shape index (κ1) is 25.2. The molecule has 0 aliphatic heterocycles. The van der Waals surface area contributed by atoms with Gasteiger partial charge < -0.3 is 9.47 Å². The fraction of sp³-hybridized carbons (Fsp3) is 0.200. The number of aromatic nitrogens is 1. The van der Waals surface area contributed by atoms with Crippen molar-refractivity contribution in [2.24, 2.45) is 0 Å². The Morgan fingerprint density at radius 2 is 1.64 bits per heavy atom. The molecule has 0 saturated heterocycles. The van der Waals surface area contributed by atoms with Gasteiger partial charge in [0.1, 0.15) is 18.1 Å². The summed E-state index contributed by atoms with van der Waals surface area (Å²) >= 11 is 1.40. The number of rotatable bonds is 11. The number of hydrogen-bond donors (Lipinski definition) is 1. The topological polar surface area (TPSA) is 60.5 Å². The normalized spacial score (nSPS) is 10.9. The van der Waals surface area contributed by atoms with Crippen LogP contribution in [0.25, 0.3) is 17.3 Å². The van der Waals surface area contributed by atoms with Crippen LogP contribution in [-0.4, -0.2) is 17.5 Å². The maximum atomic E-state index is 12.4. The molecule has 36 heavy (non-hydrogen) atoms. The minimum absolute atomic E-state index is 0.227. The van der Waals surface area contributed by atoms with E-state index in [0.717, 1.165) is 53.3 Å². The van der Waals surface area contributed by atoms with Gasteiger partial charge in [-0.25, -0.2) is 4.98 Å². The molecule has 0 radical (unpaired) electrons. The summed E-state index contributed by atoms with van der Waals surface area (Å²) in [6.07, 6.45) is 5.42. The van der Waals surface area contributed by atoms with Gasteiger partial charge in [0.25, 0.3) is 0 Å². The summed E-state index contributed by atoms with van der Waals surface area (Å²) in [5.74, 6) is 1.41. The Morgan fingerprint density at radius 3 is 2.36 bits per heavy atom. The van der Waals surface area contributed by atoms with E-state index in [0.29, 0.717) is 11.7 Å². The van der Waals surface area contributed by atoms with Crippen LogP contribution in [0.4, 0.5) is 5.13 Å². The summed E-state index contributed by atoms with van der Waals surface area (Å²) in [7, 11) is 0. The molecule has 0 aliphatic rings. The molecule has 1 amide bonds. The Balaban J connectivity index is 1.26. The smallest absolute Gasteiger partial charge is 0.250 e. The van der Waals surface area contributed by atoms with Gasteiger partial charge in [0.2, 0.25) is 5.91 Å². The number of unbranched alkanes of at least 4 members (excludes halogenated alkanes) is 1. The molecule has 5 nitrogen and oxygen atoms in total. The molecule has 0 unspecified atom stereocenters. The number of carbonyl (C=O) groups excluding carboxylic acids is 1. The maximum Gasteiger partial charge on any atom is 0.250 e. The van der Waals surface area contributed by atoms with Gasteiger partial charge in [-0.15, -0.1) is 11.3 Å². The second-order valence-corrected chi connectivity index (χ2v) is 9.29. The lowest BCUT2D eigenvalue weighted by Gasteiger charge is -2.07. The molecule has 0 aliphatic carbocycles. The maximum absolute atomic E-state index is 12.4. The fourth-order valence-electron chi connectivity index (χ4n) is 3.37. The average molecular weight is 499 g/mol. The number of aryl methyl sites for hydroxylation is 1. The monoisotopic (exact) mass is 498 g/mol. The van der Waals surface area contributed by atoms with Crippen LogP contribution in [0.15, 0.2) is 84.3 Å². The standard InChI is InChI=1S/C30H30N2O3S/c1-3-4-19-34-26-16-12-25(13-17-26)28-21-36-30(31-28)32-29(33)18-11-23-9-14-27(15-10-23)35-20-24-7-5-22(2)6-8-24/h5-18,21H,3-4,19-20H2,1-2H3,(H,31,32,33). The fourth-order valence-corrected chi connectivity index (χ4v) is 4.09. The minimum atomic E-state index is -0.227. The zero-order valence-corrected chi connectivity index (χ0v) is 21.4. The van der Waals surface area contributed by atoms with Gasteiger partial charge in [-0.2, -0.15) is 0 Å². The number of nitrogens with one attached hydrogen (secondary N) is 1. The highest BCUT2D eigenvalue weighted by Gasteiger charge is 2.07. The zero-order chi connectivity index (χ0) is 25.2. The van der Waals surface area contributed by atoms with Crippen LogP contribution in [0.2, 0.25) is 0 Å². The van der Waals surface area contributed by atoms with E-state index in [1.165, 1.54) is 23.0 Å². The van der Waals surface area contributed by atoms with Crippen LogP contribution in [0.5, 0.6) is 11.5 Å². The van der Waals surface area contributed by atoms with Gasteiger partial charge in [-0.1, -0.05) is 55.3 Å². The molecule has 4 rings (SSSR count). The van der Waals surface area contributed by atoms with Crippen molar-refractivity contribution >= 4 is 28.5 Å². The number of nitrogens with zero attached hydrogens (tertiary/aromatic N) is 1. The molecule has 0 fully saturated rings. The summed E-state index contributed by atoms with van der Waals surface area (Å²) in [6, 6.07) is 23.8. The number of ether oxygens (including phenoxy) is 2. The van der Waals surface area contributed by atoms with E-state index in [1.54, 1.807) is 6.08 Å².